The summed E-state index contributed by atoms with van der Waals surface area (Å²) in [5.74, 6) is 0.373. The first-order chi connectivity index (χ1) is 8.51. The molecule has 0 aliphatic carbocycles. The number of hydrogen-bond donors (Lipinski definition) is 1. The second-order valence-corrected chi connectivity index (χ2v) is 6.04. The molecule has 0 bridgehead atoms. The Morgan fingerprint density at radius 2 is 2.17 bits per heavy atom. The van der Waals surface area contributed by atoms with Crippen molar-refractivity contribution < 1.29 is 14.6 Å². The summed E-state index contributed by atoms with van der Waals surface area (Å²) in [5.41, 5.74) is -0.656. The molecule has 0 aromatic heterocycles. The van der Waals surface area contributed by atoms with Crippen molar-refractivity contribution in [3.63, 3.8) is 0 Å². The monoisotopic (exact) mass is 255 g/mol. The van der Waals surface area contributed by atoms with E-state index in [-0.39, 0.29) is 17.9 Å². The molecule has 2 saturated heterocycles. The highest BCUT2D eigenvalue weighted by atomic mass is 16.5. The molecule has 2 rings (SSSR count). The quantitative estimate of drug-likeness (QED) is 0.829. The van der Waals surface area contributed by atoms with Gasteiger partial charge in [-0.15, -0.1) is 0 Å². The largest absolute Gasteiger partial charge is 0.386 e. The summed E-state index contributed by atoms with van der Waals surface area (Å²) in [5, 5.41) is 10.1. The highest BCUT2D eigenvalue weighted by Crippen LogP contribution is 2.29. The molecular formula is C14H25NO3. The molecule has 0 saturated carbocycles. The van der Waals surface area contributed by atoms with Crippen LogP contribution in [0.15, 0.2) is 0 Å². The Morgan fingerprint density at radius 3 is 2.72 bits per heavy atom. The van der Waals surface area contributed by atoms with Gasteiger partial charge in [-0.3, -0.25) is 4.79 Å². The van der Waals surface area contributed by atoms with Gasteiger partial charge in [0.05, 0.1) is 19.2 Å². The standard InChI is InChI=1S/C14H25NO3/c1-11(2)14(17)9-15(10-14)13(16)7-6-12-5-3-4-8-18-12/h11-12,17H,3-10H2,1-2H3. The molecule has 2 heterocycles. The molecule has 1 atom stereocenters. The average molecular weight is 255 g/mol. The summed E-state index contributed by atoms with van der Waals surface area (Å²) in [7, 11) is 0. The zero-order valence-corrected chi connectivity index (χ0v) is 11.5. The van der Waals surface area contributed by atoms with Gasteiger partial charge in [-0.2, -0.15) is 0 Å². The van der Waals surface area contributed by atoms with Crippen LogP contribution in [0.5, 0.6) is 0 Å². The summed E-state index contributed by atoms with van der Waals surface area (Å²) in [6, 6.07) is 0. The van der Waals surface area contributed by atoms with Crippen LogP contribution in [-0.2, 0) is 9.53 Å². The third-order valence-corrected chi connectivity index (χ3v) is 4.31. The topological polar surface area (TPSA) is 49.8 Å². The molecule has 2 fully saturated rings. The Balaban J connectivity index is 1.67. The van der Waals surface area contributed by atoms with Crippen LogP contribution < -0.4 is 0 Å². The van der Waals surface area contributed by atoms with Crippen LogP contribution in [0.1, 0.15) is 46.0 Å². The van der Waals surface area contributed by atoms with Crippen LogP contribution >= 0.6 is 0 Å². The number of carbonyl (C=O) groups is 1. The number of carbonyl (C=O) groups excluding carboxylic acids is 1. The Kier molecular flexibility index (Phi) is 4.28. The zero-order valence-electron chi connectivity index (χ0n) is 11.5. The van der Waals surface area contributed by atoms with Gasteiger partial charge in [0.2, 0.25) is 5.91 Å². The average Bonchev–Trinajstić information content (AvgIpc) is 2.33. The first kappa shape index (κ1) is 13.8. The Morgan fingerprint density at radius 1 is 1.44 bits per heavy atom. The molecule has 4 nitrogen and oxygen atoms in total. The molecule has 18 heavy (non-hydrogen) atoms. The maximum absolute atomic E-state index is 11.9. The van der Waals surface area contributed by atoms with Gasteiger partial charge in [0.15, 0.2) is 0 Å². The first-order valence-corrected chi connectivity index (χ1v) is 7.13. The molecule has 1 N–H and O–H groups in total. The molecule has 1 amide bonds. The summed E-state index contributed by atoms with van der Waals surface area (Å²) in [6.45, 7) is 5.83. The lowest BCUT2D eigenvalue weighted by atomic mass is 9.83. The fourth-order valence-corrected chi connectivity index (χ4v) is 2.63. The van der Waals surface area contributed by atoms with Crippen molar-refractivity contribution in [2.24, 2.45) is 5.92 Å². The molecule has 104 valence electrons. The number of likely N-dealkylation sites (tertiary alicyclic amines) is 1. The van der Waals surface area contributed by atoms with Gasteiger partial charge in [0, 0.05) is 13.0 Å². The number of ether oxygens (including phenoxy) is 1. The summed E-state index contributed by atoms with van der Waals surface area (Å²) >= 11 is 0. The predicted octanol–water partition coefficient (Wildman–Crippen LogP) is 1.56. The lowest BCUT2D eigenvalue weighted by molar-refractivity contribution is -0.164. The van der Waals surface area contributed by atoms with Crippen molar-refractivity contribution in [2.75, 3.05) is 19.7 Å². The van der Waals surface area contributed by atoms with Crippen molar-refractivity contribution in [1.82, 2.24) is 4.90 Å². The fourth-order valence-electron chi connectivity index (χ4n) is 2.63. The van der Waals surface area contributed by atoms with E-state index < -0.39 is 5.60 Å². The van der Waals surface area contributed by atoms with E-state index in [1.165, 1.54) is 6.42 Å². The first-order valence-electron chi connectivity index (χ1n) is 7.13. The normalized spacial score (nSPS) is 27.1. The van der Waals surface area contributed by atoms with E-state index in [4.69, 9.17) is 4.74 Å². The zero-order chi connectivity index (χ0) is 13.2. The Labute approximate surface area is 109 Å². The molecular weight excluding hydrogens is 230 g/mol. The van der Waals surface area contributed by atoms with Gasteiger partial charge in [-0.05, 0) is 31.6 Å². The third kappa shape index (κ3) is 3.04. The van der Waals surface area contributed by atoms with Gasteiger partial charge < -0.3 is 14.7 Å². The minimum Gasteiger partial charge on any atom is -0.386 e. The van der Waals surface area contributed by atoms with Crippen LogP contribution in [0.4, 0.5) is 0 Å². The van der Waals surface area contributed by atoms with Gasteiger partial charge in [0.1, 0.15) is 5.60 Å². The number of β-amino-alcohol motifs (C(OH)–C–C–N with tert-alkyl or cyclic N) is 1. The van der Waals surface area contributed by atoms with E-state index in [1.54, 1.807) is 4.90 Å². The number of aliphatic hydroxyl groups is 1. The summed E-state index contributed by atoms with van der Waals surface area (Å²) in [6.07, 6.45) is 5.11. The smallest absolute Gasteiger partial charge is 0.222 e. The van der Waals surface area contributed by atoms with E-state index >= 15 is 0 Å². The van der Waals surface area contributed by atoms with E-state index in [9.17, 15) is 9.90 Å². The number of hydrogen-bond acceptors (Lipinski definition) is 3. The van der Waals surface area contributed by atoms with Gasteiger partial charge in [-0.25, -0.2) is 0 Å². The minimum absolute atomic E-state index is 0.162. The van der Waals surface area contributed by atoms with Crippen LogP contribution in [0.3, 0.4) is 0 Å². The lowest BCUT2D eigenvalue weighted by Crippen LogP contribution is -2.66. The third-order valence-electron chi connectivity index (χ3n) is 4.31. The van der Waals surface area contributed by atoms with Crippen LogP contribution in [-0.4, -0.2) is 47.3 Å². The van der Waals surface area contributed by atoms with Gasteiger partial charge >= 0.3 is 0 Å². The van der Waals surface area contributed by atoms with E-state index in [0.29, 0.717) is 19.5 Å². The minimum atomic E-state index is -0.656. The Hall–Kier alpha value is -0.610. The van der Waals surface area contributed by atoms with Gasteiger partial charge in [0.25, 0.3) is 0 Å². The van der Waals surface area contributed by atoms with Crippen molar-refractivity contribution in [3.05, 3.63) is 0 Å². The van der Waals surface area contributed by atoms with Crippen molar-refractivity contribution in [1.29, 1.82) is 0 Å². The van der Waals surface area contributed by atoms with Crippen LogP contribution in [0.2, 0.25) is 0 Å². The molecule has 4 heteroatoms. The fraction of sp³-hybridized carbons (Fsp3) is 0.929. The number of amides is 1. The molecule has 2 aliphatic heterocycles. The highest BCUT2D eigenvalue weighted by molar-refractivity contribution is 5.77. The molecule has 1 unspecified atom stereocenters. The van der Waals surface area contributed by atoms with E-state index in [2.05, 4.69) is 0 Å². The molecule has 0 aromatic rings. The van der Waals surface area contributed by atoms with E-state index in [1.807, 2.05) is 13.8 Å². The molecule has 2 aliphatic rings. The predicted molar refractivity (Wildman–Crippen MR) is 69.2 cm³/mol. The SMILES string of the molecule is CC(C)C1(O)CN(C(=O)CCC2CCCCO2)C1. The maximum Gasteiger partial charge on any atom is 0.222 e. The number of nitrogens with zero attached hydrogens (tertiary/aromatic N) is 1. The maximum atomic E-state index is 11.9. The lowest BCUT2D eigenvalue weighted by Gasteiger charge is -2.49. The van der Waals surface area contributed by atoms with Gasteiger partial charge in [-0.1, -0.05) is 13.8 Å². The van der Waals surface area contributed by atoms with Crippen molar-refractivity contribution in [2.45, 2.75) is 57.7 Å². The Bertz CT molecular complexity index is 291. The second-order valence-electron chi connectivity index (χ2n) is 6.04. The van der Waals surface area contributed by atoms with Crippen LogP contribution in [0.25, 0.3) is 0 Å². The summed E-state index contributed by atoms with van der Waals surface area (Å²) in [4.78, 5) is 13.7. The van der Waals surface area contributed by atoms with E-state index in [0.717, 1.165) is 25.9 Å². The van der Waals surface area contributed by atoms with Crippen molar-refractivity contribution >= 4 is 5.91 Å². The van der Waals surface area contributed by atoms with Crippen molar-refractivity contribution in [3.8, 4) is 0 Å². The molecule has 0 radical (unpaired) electrons. The number of rotatable bonds is 4. The highest BCUT2D eigenvalue weighted by Gasteiger charge is 2.45. The van der Waals surface area contributed by atoms with Crippen LogP contribution in [0, 0.1) is 5.92 Å². The second kappa shape index (κ2) is 5.57. The molecule has 0 aromatic carbocycles. The molecule has 0 spiro atoms. The summed E-state index contributed by atoms with van der Waals surface area (Å²) < 4.78 is 5.62.